The fourth-order valence-corrected chi connectivity index (χ4v) is 2.72. The van der Waals surface area contributed by atoms with Crippen LogP contribution in [0, 0.1) is 0 Å². The van der Waals surface area contributed by atoms with Crippen LogP contribution in [0.3, 0.4) is 0 Å². The Bertz CT molecular complexity index is 391. The molecule has 2 N–H and O–H groups in total. The zero-order chi connectivity index (χ0) is 13.7. The van der Waals surface area contributed by atoms with Crippen LogP contribution in [0.5, 0.6) is 5.75 Å². The molecule has 0 radical (unpaired) electrons. The number of methoxy groups -OCH3 is 1. The predicted molar refractivity (Wildman–Crippen MR) is 76.4 cm³/mol. The molecule has 106 valence electrons. The summed E-state index contributed by atoms with van der Waals surface area (Å²) in [6, 6.07) is 8.25. The highest BCUT2D eigenvalue weighted by molar-refractivity contribution is 5.36. The molecular weight excluding hydrogens is 240 g/mol. The first-order valence-electron chi connectivity index (χ1n) is 6.91. The van der Waals surface area contributed by atoms with Gasteiger partial charge < -0.3 is 15.2 Å². The number of benzene rings is 1. The van der Waals surface area contributed by atoms with Gasteiger partial charge in [-0.2, -0.15) is 0 Å². The number of likely N-dealkylation sites (N-methyl/N-ethyl adjacent to an activating group) is 1. The van der Waals surface area contributed by atoms with Crippen LogP contribution in [0.15, 0.2) is 24.3 Å². The van der Waals surface area contributed by atoms with Crippen LogP contribution in [-0.2, 0) is 4.74 Å². The number of para-hydroxylation sites is 1. The minimum atomic E-state index is 0.167. The first kappa shape index (κ1) is 14.3. The summed E-state index contributed by atoms with van der Waals surface area (Å²) in [7, 11) is 3.80. The van der Waals surface area contributed by atoms with Gasteiger partial charge in [0.05, 0.1) is 19.3 Å². The van der Waals surface area contributed by atoms with Gasteiger partial charge in [-0.25, -0.2) is 0 Å². The molecule has 0 amide bonds. The zero-order valence-corrected chi connectivity index (χ0v) is 11.8. The molecule has 4 nitrogen and oxygen atoms in total. The summed E-state index contributed by atoms with van der Waals surface area (Å²) in [6.07, 6.45) is 2.65. The molecule has 2 atom stereocenters. The van der Waals surface area contributed by atoms with E-state index in [9.17, 15) is 0 Å². The van der Waals surface area contributed by atoms with Crippen molar-refractivity contribution in [3.8, 4) is 5.75 Å². The molecule has 1 fully saturated rings. The molecule has 4 heteroatoms. The van der Waals surface area contributed by atoms with Crippen molar-refractivity contribution in [1.82, 2.24) is 4.90 Å². The number of hydrogen-bond donors (Lipinski definition) is 1. The fraction of sp³-hybridized carbons (Fsp3) is 0.600. The lowest BCUT2D eigenvalue weighted by Gasteiger charge is -2.30. The Morgan fingerprint density at radius 3 is 2.89 bits per heavy atom. The van der Waals surface area contributed by atoms with Crippen molar-refractivity contribution in [2.24, 2.45) is 5.73 Å². The topological polar surface area (TPSA) is 47.7 Å². The van der Waals surface area contributed by atoms with E-state index < -0.39 is 0 Å². The summed E-state index contributed by atoms with van der Waals surface area (Å²) in [6.45, 7) is 2.38. The molecule has 0 spiro atoms. The van der Waals surface area contributed by atoms with Crippen LogP contribution in [0.1, 0.15) is 24.4 Å². The first-order chi connectivity index (χ1) is 9.26. The second kappa shape index (κ2) is 6.89. The van der Waals surface area contributed by atoms with E-state index in [2.05, 4.69) is 18.0 Å². The maximum atomic E-state index is 5.97. The zero-order valence-electron chi connectivity index (χ0n) is 11.8. The van der Waals surface area contributed by atoms with Gasteiger partial charge in [0.15, 0.2) is 0 Å². The Balaban J connectivity index is 2.09. The molecule has 0 bridgehead atoms. The molecule has 0 aromatic heterocycles. The highest BCUT2D eigenvalue weighted by atomic mass is 16.5. The predicted octanol–water partition coefficient (Wildman–Crippen LogP) is 1.81. The van der Waals surface area contributed by atoms with Gasteiger partial charge in [-0.3, -0.25) is 4.90 Å². The van der Waals surface area contributed by atoms with Crippen LogP contribution in [0.2, 0.25) is 0 Å². The van der Waals surface area contributed by atoms with Gasteiger partial charge >= 0.3 is 0 Å². The van der Waals surface area contributed by atoms with Gasteiger partial charge in [-0.05, 0) is 26.0 Å². The highest BCUT2D eigenvalue weighted by Gasteiger charge is 2.24. The summed E-state index contributed by atoms with van der Waals surface area (Å²) in [4.78, 5) is 2.27. The van der Waals surface area contributed by atoms with E-state index in [1.165, 1.54) is 6.42 Å². The third-order valence-electron chi connectivity index (χ3n) is 3.77. The molecular formula is C15H24N2O2. The summed E-state index contributed by atoms with van der Waals surface area (Å²) in [5.41, 5.74) is 7.11. The number of rotatable bonds is 6. The van der Waals surface area contributed by atoms with E-state index in [0.29, 0.717) is 12.6 Å². The second-order valence-electron chi connectivity index (χ2n) is 5.07. The molecule has 1 aliphatic rings. The molecule has 2 rings (SSSR count). The largest absolute Gasteiger partial charge is 0.496 e. The smallest absolute Gasteiger partial charge is 0.123 e. The van der Waals surface area contributed by atoms with E-state index in [1.807, 2.05) is 18.2 Å². The van der Waals surface area contributed by atoms with Crippen LogP contribution < -0.4 is 10.5 Å². The molecule has 2 unspecified atom stereocenters. The normalized spacial score (nSPS) is 20.7. The van der Waals surface area contributed by atoms with Crippen molar-refractivity contribution >= 4 is 0 Å². The molecule has 0 aliphatic carbocycles. The molecule has 1 aromatic carbocycles. The molecule has 19 heavy (non-hydrogen) atoms. The van der Waals surface area contributed by atoms with Gasteiger partial charge in [-0.1, -0.05) is 18.2 Å². The minimum absolute atomic E-state index is 0.167. The SMILES string of the molecule is COc1ccccc1C(CN)N(C)CC1CCCO1. The van der Waals surface area contributed by atoms with E-state index in [1.54, 1.807) is 7.11 Å². The van der Waals surface area contributed by atoms with Gasteiger partial charge in [-0.15, -0.1) is 0 Å². The van der Waals surface area contributed by atoms with Crippen LogP contribution in [-0.4, -0.2) is 44.9 Å². The lowest BCUT2D eigenvalue weighted by Crippen LogP contribution is -2.36. The van der Waals surface area contributed by atoms with E-state index >= 15 is 0 Å². The molecule has 1 aromatic rings. The number of nitrogens with two attached hydrogens (primary N) is 1. The lowest BCUT2D eigenvalue weighted by molar-refractivity contribution is 0.0685. The summed E-state index contributed by atoms with van der Waals surface area (Å²) in [5, 5.41) is 0. The maximum absolute atomic E-state index is 5.97. The molecule has 1 saturated heterocycles. The Kier molecular flexibility index (Phi) is 5.19. The van der Waals surface area contributed by atoms with Gasteiger partial charge in [0, 0.05) is 25.3 Å². The van der Waals surface area contributed by atoms with Gasteiger partial charge in [0.1, 0.15) is 5.75 Å². The van der Waals surface area contributed by atoms with E-state index in [4.69, 9.17) is 15.2 Å². The van der Waals surface area contributed by atoms with Crippen LogP contribution >= 0.6 is 0 Å². The van der Waals surface area contributed by atoms with Crippen molar-refractivity contribution < 1.29 is 9.47 Å². The Morgan fingerprint density at radius 1 is 1.47 bits per heavy atom. The van der Waals surface area contributed by atoms with Gasteiger partial charge in [0.2, 0.25) is 0 Å². The highest BCUT2D eigenvalue weighted by Crippen LogP contribution is 2.28. The fourth-order valence-electron chi connectivity index (χ4n) is 2.72. The molecule has 0 saturated carbocycles. The third kappa shape index (κ3) is 3.47. The first-order valence-corrected chi connectivity index (χ1v) is 6.91. The molecule has 1 heterocycles. The molecule has 1 aliphatic heterocycles. The van der Waals surface area contributed by atoms with Crippen molar-refractivity contribution in [3.63, 3.8) is 0 Å². The second-order valence-corrected chi connectivity index (χ2v) is 5.07. The number of nitrogens with zero attached hydrogens (tertiary/aromatic N) is 1. The summed E-state index contributed by atoms with van der Waals surface area (Å²) in [5.74, 6) is 0.900. The third-order valence-corrected chi connectivity index (χ3v) is 3.77. The van der Waals surface area contributed by atoms with E-state index in [-0.39, 0.29) is 6.04 Å². The van der Waals surface area contributed by atoms with Gasteiger partial charge in [0.25, 0.3) is 0 Å². The lowest BCUT2D eigenvalue weighted by atomic mass is 10.0. The monoisotopic (exact) mass is 264 g/mol. The Labute approximate surface area is 115 Å². The number of ether oxygens (including phenoxy) is 2. The summed E-state index contributed by atoms with van der Waals surface area (Å²) < 4.78 is 11.1. The van der Waals surface area contributed by atoms with Crippen molar-refractivity contribution in [2.75, 3.05) is 33.9 Å². The average Bonchev–Trinajstić information content (AvgIpc) is 2.93. The average molecular weight is 264 g/mol. The quantitative estimate of drug-likeness (QED) is 0.851. The number of hydrogen-bond acceptors (Lipinski definition) is 4. The van der Waals surface area contributed by atoms with E-state index in [0.717, 1.165) is 30.9 Å². The Hall–Kier alpha value is -1.10. The standard InChI is InChI=1S/C15H24N2O2/c1-17(11-12-6-5-9-19-12)14(10-16)13-7-3-4-8-15(13)18-2/h3-4,7-8,12,14H,5-6,9-11,16H2,1-2H3. The minimum Gasteiger partial charge on any atom is -0.496 e. The summed E-state index contributed by atoms with van der Waals surface area (Å²) >= 11 is 0. The van der Waals surface area contributed by atoms with Crippen molar-refractivity contribution in [2.45, 2.75) is 25.0 Å². The van der Waals surface area contributed by atoms with Crippen LogP contribution in [0.25, 0.3) is 0 Å². The van der Waals surface area contributed by atoms with Crippen molar-refractivity contribution in [1.29, 1.82) is 0 Å². The maximum Gasteiger partial charge on any atom is 0.123 e. The Morgan fingerprint density at radius 2 is 2.26 bits per heavy atom. The van der Waals surface area contributed by atoms with Crippen molar-refractivity contribution in [3.05, 3.63) is 29.8 Å². The van der Waals surface area contributed by atoms with Crippen LogP contribution in [0.4, 0.5) is 0 Å².